The van der Waals surface area contributed by atoms with E-state index in [0.29, 0.717) is 12.6 Å². The van der Waals surface area contributed by atoms with Gasteiger partial charge in [-0.05, 0) is 24.6 Å². The zero-order chi connectivity index (χ0) is 12.3. The molecule has 0 radical (unpaired) electrons. The van der Waals surface area contributed by atoms with Crippen molar-refractivity contribution < 1.29 is 4.74 Å². The smallest absolute Gasteiger partial charge is 0.0824 e. The molecular formula is C13H19BrN2O. The predicted molar refractivity (Wildman–Crippen MR) is 72.9 cm³/mol. The number of halogens is 1. The van der Waals surface area contributed by atoms with Crippen LogP contribution in [0.15, 0.2) is 28.7 Å². The van der Waals surface area contributed by atoms with Crippen LogP contribution in [0.5, 0.6) is 0 Å². The number of nitrogens with two attached hydrogens (primary N) is 1. The maximum Gasteiger partial charge on any atom is 0.0824 e. The van der Waals surface area contributed by atoms with E-state index in [9.17, 15) is 0 Å². The quantitative estimate of drug-likeness (QED) is 0.929. The van der Waals surface area contributed by atoms with Gasteiger partial charge in [0.05, 0.1) is 12.7 Å². The fourth-order valence-corrected chi connectivity index (χ4v) is 2.63. The summed E-state index contributed by atoms with van der Waals surface area (Å²) in [6, 6.07) is 8.89. The van der Waals surface area contributed by atoms with Crippen molar-refractivity contribution in [2.24, 2.45) is 5.73 Å². The predicted octanol–water partition coefficient (Wildman–Crippen LogP) is 2.17. The lowest BCUT2D eigenvalue weighted by Gasteiger charge is -2.36. The molecule has 3 nitrogen and oxygen atoms in total. The van der Waals surface area contributed by atoms with Gasteiger partial charge >= 0.3 is 0 Å². The van der Waals surface area contributed by atoms with E-state index in [1.54, 1.807) is 0 Å². The van der Waals surface area contributed by atoms with E-state index < -0.39 is 0 Å². The molecule has 0 spiro atoms. The van der Waals surface area contributed by atoms with Crippen molar-refractivity contribution in [1.82, 2.24) is 4.90 Å². The fourth-order valence-electron chi connectivity index (χ4n) is 2.21. The monoisotopic (exact) mass is 298 g/mol. The zero-order valence-electron chi connectivity index (χ0n) is 10.1. The Bertz CT molecular complexity index is 372. The zero-order valence-corrected chi connectivity index (χ0v) is 11.7. The van der Waals surface area contributed by atoms with Crippen LogP contribution in [0.1, 0.15) is 18.5 Å². The van der Waals surface area contributed by atoms with Gasteiger partial charge in [0, 0.05) is 30.1 Å². The lowest BCUT2D eigenvalue weighted by Crippen LogP contribution is -2.46. The molecule has 1 aromatic carbocycles. The molecule has 94 valence electrons. The molecule has 0 amide bonds. The minimum Gasteiger partial charge on any atom is -0.374 e. The van der Waals surface area contributed by atoms with Crippen LogP contribution in [-0.4, -0.2) is 37.2 Å². The second-order valence-corrected chi connectivity index (χ2v) is 5.37. The van der Waals surface area contributed by atoms with Crippen molar-refractivity contribution in [3.8, 4) is 0 Å². The second kappa shape index (κ2) is 5.96. The van der Waals surface area contributed by atoms with Crippen LogP contribution in [0.25, 0.3) is 0 Å². The van der Waals surface area contributed by atoms with Crippen molar-refractivity contribution in [2.45, 2.75) is 19.1 Å². The minimum absolute atomic E-state index is 0.179. The summed E-state index contributed by atoms with van der Waals surface area (Å²) in [7, 11) is 0. The number of ether oxygens (including phenoxy) is 1. The van der Waals surface area contributed by atoms with Crippen LogP contribution in [0.3, 0.4) is 0 Å². The SMILES string of the molecule is CC(c1cccc(Br)c1)N1CCOC(CN)C1. The third-order valence-corrected chi connectivity index (χ3v) is 3.81. The molecule has 0 aliphatic carbocycles. The lowest BCUT2D eigenvalue weighted by molar-refractivity contribution is -0.0364. The van der Waals surface area contributed by atoms with Gasteiger partial charge in [-0.1, -0.05) is 28.1 Å². The van der Waals surface area contributed by atoms with Crippen molar-refractivity contribution in [2.75, 3.05) is 26.2 Å². The molecule has 0 saturated carbocycles. The van der Waals surface area contributed by atoms with Gasteiger partial charge in [0.15, 0.2) is 0 Å². The third-order valence-electron chi connectivity index (χ3n) is 3.31. The number of nitrogens with zero attached hydrogens (tertiary/aromatic N) is 1. The van der Waals surface area contributed by atoms with Crippen LogP contribution < -0.4 is 5.73 Å². The highest BCUT2D eigenvalue weighted by Crippen LogP contribution is 2.24. The molecule has 0 bridgehead atoms. The molecule has 4 heteroatoms. The van der Waals surface area contributed by atoms with E-state index in [2.05, 4.69) is 52.0 Å². The van der Waals surface area contributed by atoms with E-state index in [-0.39, 0.29) is 6.10 Å². The Hall–Kier alpha value is -0.420. The van der Waals surface area contributed by atoms with Gasteiger partial charge in [0.1, 0.15) is 0 Å². The number of rotatable bonds is 3. The van der Waals surface area contributed by atoms with E-state index in [0.717, 1.165) is 24.2 Å². The molecule has 2 N–H and O–H groups in total. The first-order valence-corrected chi connectivity index (χ1v) is 6.81. The molecule has 17 heavy (non-hydrogen) atoms. The molecule has 1 saturated heterocycles. The summed E-state index contributed by atoms with van der Waals surface area (Å²) in [4.78, 5) is 2.43. The van der Waals surface area contributed by atoms with E-state index in [4.69, 9.17) is 10.5 Å². The average Bonchev–Trinajstić information content (AvgIpc) is 2.38. The maximum absolute atomic E-state index is 5.67. The molecule has 2 unspecified atom stereocenters. The van der Waals surface area contributed by atoms with Crippen molar-refractivity contribution in [1.29, 1.82) is 0 Å². The molecule has 1 heterocycles. The molecule has 1 aliphatic heterocycles. The normalized spacial score (nSPS) is 23.6. The average molecular weight is 299 g/mol. The van der Waals surface area contributed by atoms with Gasteiger partial charge < -0.3 is 10.5 Å². The summed E-state index contributed by atoms with van der Waals surface area (Å²) in [6.45, 7) is 5.51. The van der Waals surface area contributed by atoms with Crippen LogP contribution in [0, 0.1) is 0 Å². The first-order valence-electron chi connectivity index (χ1n) is 6.02. The summed E-state index contributed by atoms with van der Waals surface area (Å²) < 4.78 is 6.72. The Morgan fingerprint density at radius 3 is 3.12 bits per heavy atom. The van der Waals surface area contributed by atoms with Gasteiger partial charge in [0.25, 0.3) is 0 Å². The summed E-state index contributed by atoms with van der Waals surface area (Å²) in [5, 5.41) is 0. The number of hydrogen-bond donors (Lipinski definition) is 1. The Balaban J connectivity index is 2.06. The Morgan fingerprint density at radius 2 is 2.41 bits per heavy atom. The number of hydrogen-bond acceptors (Lipinski definition) is 3. The lowest BCUT2D eigenvalue weighted by atomic mass is 10.1. The first kappa shape index (κ1) is 13.0. The molecular weight excluding hydrogens is 280 g/mol. The third kappa shape index (κ3) is 3.28. The van der Waals surface area contributed by atoms with Gasteiger partial charge in [-0.3, -0.25) is 4.90 Å². The van der Waals surface area contributed by atoms with Crippen molar-refractivity contribution >= 4 is 15.9 Å². The fraction of sp³-hybridized carbons (Fsp3) is 0.538. The highest BCUT2D eigenvalue weighted by Gasteiger charge is 2.23. The number of benzene rings is 1. The van der Waals surface area contributed by atoms with E-state index in [1.807, 2.05) is 0 Å². The van der Waals surface area contributed by atoms with Gasteiger partial charge in [-0.25, -0.2) is 0 Å². The van der Waals surface area contributed by atoms with E-state index in [1.165, 1.54) is 5.56 Å². The summed E-state index contributed by atoms with van der Waals surface area (Å²) in [5.41, 5.74) is 7.00. The summed E-state index contributed by atoms with van der Waals surface area (Å²) >= 11 is 3.52. The minimum atomic E-state index is 0.179. The van der Waals surface area contributed by atoms with Crippen LogP contribution in [0.2, 0.25) is 0 Å². The van der Waals surface area contributed by atoms with E-state index >= 15 is 0 Å². The van der Waals surface area contributed by atoms with Crippen molar-refractivity contribution in [3.05, 3.63) is 34.3 Å². The Kier molecular flexibility index (Phi) is 4.56. The molecule has 1 fully saturated rings. The molecule has 0 aromatic heterocycles. The van der Waals surface area contributed by atoms with Crippen LogP contribution >= 0.6 is 15.9 Å². The maximum atomic E-state index is 5.67. The van der Waals surface area contributed by atoms with Crippen LogP contribution in [0.4, 0.5) is 0 Å². The van der Waals surface area contributed by atoms with Gasteiger partial charge in [-0.2, -0.15) is 0 Å². The molecule has 2 rings (SSSR count). The highest BCUT2D eigenvalue weighted by atomic mass is 79.9. The first-order chi connectivity index (χ1) is 8.20. The van der Waals surface area contributed by atoms with Crippen molar-refractivity contribution in [3.63, 3.8) is 0 Å². The Morgan fingerprint density at radius 1 is 1.59 bits per heavy atom. The standard InChI is InChI=1S/C13H19BrN2O/c1-10(11-3-2-4-12(14)7-11)16-5-6-17-13(8-15)9-16/h2-4,7,10,13H,5-6,8-9,15H2,1H3. The topological polar surface area (TPSA) is 38.5 Å². The summed E-state index contributed by atoms with van der Waals surface area (Å²) in [5.74, 6) is 0. The van der Waals surface area contributed by atoms with Gasteiger partial charge in [0.2, 0.25) is 0 Å². The Labute approximate surface area is 111 Å². The van der Waals surface area contributed by atoms with Gasteiger partial charge in [-0.15, -0.1) is 0 Å². The number of morpholine rings is 1. The van der Waals surface area contributed by atoms with Crippen LogP contribution in [-0.2, 0) is 4.74 Å². The second-order valence-electron chi connectivity index (χ2n) is 4.45. The molecule has 2 atom stereocenters. The molecule has 1 aromatic rings. The largest absolute Gasteiger partial charge is 0.374 e. The molecule has 1 aliphatic rings. The summed E-state index contributed by atoms with van der Waals surface area (Å²) in [6.07, 6.45) is 0.179. The highest BCUT2D eigenvalue weighted by molar-refractivity contribution is 9.10.